The number of urea groups is 1. The summed E-state index contributed by atoms with van der Waals surface area (Å²) in [5.41, 5.74) is 0. The molecule has 0 spiro atoms. The molecule has 21 heavy (non-hydrogen) atoms. The molecule has 0 aromatic heterocycles. The van der Waals surface area contributed by atoms with Crippen LogP contribution in [-0.2, 0) is 9.59 Å². The Labute approximate surface area is 124 Å². The molecule has 0 aromatic rings. The average Bonchev–Trinajstić information content (AvgIpc) is 2.42. The summed E-state index contributed by atoms with van der Waals surface area (Å²) >= 11 is 0. The second-order valence-electron chi connectivity index (χ2n) is 6.01. The van der Waals surface area contributed by atoms with Gasteiger partial charge in [0.1, 0.15) is 0 Å². The number of aliphatic carboxylic acids is 1. The SMILES string of the molecule is CN1CC(NC(=O)N2CCCC(CC(=O)O)C2)CCC1=O. The minimum absolute atomic E-state index is 0.0138. The number of hydrogen-bond acceptors (Lipinski definition) is 3. The van der Waals surface area contributed by atoms with Crippen LogP contribution in [0.4, 0.5) is 4.79 Å². The molecule has 2 aliphatic rings. The molecule has 7 nitrogen and oxygen atoms in total. The molecule has 0 bridgehead atoms. The third-order valence-corrected chi connectivity index (χ3v) is 4.22. The molecule has 3 amide bonds. The van der Waals surface area contributed by atoms with Crippen LogP contribution in [0.5, 0.6) is 0 Å². The van der Waals surface area contributed by atoms with Gasteiger partial charge in [-0.3, -0.25) is 9.59 Å². The van der Waals surface area contributed by atoms with Crippen molar-refractivity contribution < 1.29 is 19.5 Å². The summed E-state index contributed by atoms with van der Waals surface area (Å²) in [6.45, 7) is 1.71. The number of rotatable bonds is 3. The molecule has 2 heterocycles. The summed E-state index contributed by atoms with van der Waals surface area (Å²) in [5.74, 6) is -0.660. The first kappa shape index (κ1) is 15.6. The molecule has 0 saturated carbocycles. The van der Waals surface area contributed by atoms with E-state index < -0.39 is 5.97 Å². The smallest absolute Gasteiger partial charge is 0.317 e. The Morgan fingerprint density at radius 1 is 1.33 bits per heavy atom. The maximum Gasteiger partial charge on any atom is 0.317 e. The van der Waals surface area contributed by atoms with Gasteiger partial charge in [-0.05, 0) is 25.2 Å². The summed E-state index contributed by atoms with van der Waals surface area (Å²) in [7, 11) is 1.74. The first-order chi connectivity index (χ1) is 9.95. The van der Waals surface area contributed by atoms with Gasteiger partial charge in [-0.1, -0.05) is 0 Å². The standard InChI is InChI=1S/C14H23N3O4/c1-16-9-11(4-5-12(16)18)15-14(21)17-6-2-3-10(8-17)7-13(19)20/h10-11H,2-9H2,1H3,(H,15,21)(H,19,20). The normalized spacial score (nSPS) is 26.6. The zero-order valence-electron chi connectivity index (χ0n) is 12.4. The van der Waals surface area contributed by atoms with Gasteiger partial charge in [0.05, 0.1) is 0 Å². The van der Waals surface area contributed by atoms with Crippen molar-refractivity contribution in [2.45, 2.75) is 38.1 Å². The molecule has 2 unspecified atom stereocenters. The molecular formula is C14H23N3O4. The van der Waals surface area contributed by atoms with Gasteiger partial charge in [0.15, 0.2) is 0 Å². The topological polar surface area (TPSA) is 90.0 Å². The van der Waals surface area contributed by atoms with E-state index in [1.165, 1.54) is 0 Å². The fraction of sp³-hybridized carbons (Fsp3) is 0.786. The Morgan fingerprint density at radius 3 is 2.76 bits per heavy atom. The van der Waals surface area contributed by atoms with Crippen LogP contribution >= 0.6 is 0 Å². The molecule has 2 saturated heterocycles. The van der Waals surface area contributed by atoms with Gasteiger partial charge in [0, 0.05) is 45.6 Å². The Bertz CT molecular complexity index is 426. The van der Waals surface area contributed by atoms with Crippen LogP contribution in [0.1, 0.15) is 32.1 Å². The Morgan fingerprint density at radius 2 is 2.10 bits per heavy atom. The number of carbonyl (C=O) groups is 3. The summed E-state index contributed by atoms with van der Waals surface area (Å²) in [6.07, 6.45) is 2.94. The average molecular weight is 297 g/mol. The molecule has 2 rings (SSSR count). The second kappa shape index (κ2) is 6.78. The van der Waals surface area contributed by atoms with Crippen molar-refractivity contribution in [1.82, 2.24) is 15.1 Å². The largest absolute Gasteiger partial charge is 0.481 e. The van der Waals surface area contributed by atoms with E-state index in [1.54, 1.807) is 16.8 Å². The molecule has 2 atom stereocenters. The van der Waals surface area contributed by atoms with E-state index in [0.29, 0.717) is 32.5 Å². The van der Waals surface area contributed by atoms with E-state index in [4.69, 9.17) is 5.11 Å². The zero-order valence-corrected chi connectivity index (χ0v) is 12.4. The number of carboxylic acids is 1. The molecular weight excluding hydrogens is 274 g/mol. The number of likely N-dealkylation sites (tertiary alicyclic amines) is 2. The molecule has 0 radical (unpaired) electrons. The molecule has 118 valence electrons. The fourth-order valence-electron chi connectivity index (χ4n) is 3.06. The van der Waals surface area contributed by atoms with E-state index in [-0.39, 0.29) is 30.3 Å². The van der Waals surface area contributed by atoms with Crippen LogP contribution in [0.3, 0.4) is 0 Å². The van der Waals surface area contributed by atoms with E-state index >= 15 is 0 Å². The van der Waals surface area contributed by atoms with Crippen LogP contribution in [0, 0.1) is 5.92 Å². The molecule has 2 fully saturated rings. The lowest BCUT2D eigenvalue weighted by Crippen LogP contribution is -2.53. The van der Waals surface area contributed by atoms with Crippen LogP contribution < -0.4 is 5.32 Å². The first-order valence-electron chi connectivity index (χ1n) is 7.47. The van der Waals surface area contributed by atoms with E-state index in [1.807, 2.05) is 0 Å². The van der Waals surface area contributed by atoms with Gasteiger partial charge < -0.3 is 20.2 Å². The predicted molar refractivity (Wildman–Crippen MR) is 75.7 cm³/mol. The van der Waals surface area contributed by atoms with E-state index in [9.17, 15) is 14.4 Å². The minimum atomic E-state index is -0.810. The number of likely N-dealkylation sites (N-methyl/N-ethyl adjacent to an activating group) is 1. The lowest BCUT2D eigenvalue weighted by atomic mass is 9.95. The number of carboxylic acid groups (broad SMARTS) is 1. The maximum absolute atomic E-state index is 12.2. The number of piperidine rings is 2. The van der Waals surface area contributed by atoms with Crippen LogP contribution in [0.15, 0.2) is 0 Å². The minimum Gasteiger partial charge on any atom is -0.481 e. The van der Waals surface area contributed by atoms with Crippen molar-refractivity contribution in [3.8, 4) is 0 Å². The van der Waals surface area contributed by atoms with Crippen molar-refractivity contribution in [3.63, 3.8) is 0 Å². The van der Waals surface area contributed by atoms with Crippen LogP contribution in [0.2, 0.25) is 0 Å². The van der Waals surface area contributed by atoms with Crippen molar-refractivity contribution in [2.75, 3.05) is 26.7 Å². The zero-order chi connectivity index (χ0) is 15.4. The highest BCUT2D eigenvalue weighted by molar-refractivity contribution is 5.78. The van der Waals surface area contributed by atoms with Gasteiger partial charge in [0.2, 0.25) is 5.91 Å². The lowest BCUT2D eigenvalue weighted by molar-refractivity contribution is -0.138. The number of hydrogen-bond donors (Lipinski definition) is 2. The monoisotopic (exact) mass is 297 g/mol. The van der Waals surface area contributed by atoms with Crippen LogP contribution in [-0.4, -0.2) is 65.5 Å². The Kier molecular flexibility index (Phi) is 5.03. The molecule has 0 aromatic carbocycles. The van der Waals surface area contributed by atoms with Gasteiger partial charge in [-0.15, -0.1) is 0 Å². The van der Waals surface area contributed by atoms with E-state index in [2.05, 4.69) is 5.32 Å². The highest BCUT2D eigenvalue weighted by Gasteiger charge is 2.28. The molecule has 2 N–H and O–H groups in total. The maximum atomic E-state index is 12.2. The quantitative estimate of drug-likeness (QED) is 0.794. The van der Waals surface area contributed by atoms with Gasteiger partial charge in [-0.25, -0.2) is 4.79 Å². The summed E-state index contributed by atoms with van der Waals surface area (Å²) < 4.78 is 0. The molecule has 7 heteroatoms. The summed E-state index contributed by atoms with van der Waals surface area (Å²) in [4.78, 5) is 37.8. The van der Waals surface area contributed by atoms with E-state index in [0.717, 1.165) is 12.8 Å². The third-order valence-electron chi connectivity index (χ3n) is 4.22. The first-order valence-corrected chi connectivity index (χ1v) is 7.47. The highest BCUT2D eigenvalue weighted by atomic mass is 16.4. The fourth-order valence-corrected chi connectivity index (χ4v) is 3.06. The third kappa shape index (κ3) is 4.34. The van der Waals surface area contributed by atoms with Gasteiger partial charge >= 0.3 is 12.0 Å². The number of amides is 3. The van der Waals surface area contributed by atoms with Crippen molar-refractivity contribution in [3.05, 3.63) is 0 Å². The number of nitrogens with one attached hydrogen (secondary N) is 1. The summed E-state index contributed by atoms with van der Waals surface area (Å²) in [6, 6.07) is -0.155. The molecule has 2 aliphatic heterocycles. The summed E-state index contributed by atoms with van der Waals surface area (Å²) in [5, 5.41) is 11.8. The Hall–Kier alpha value is -1.79. The van der Waals surface area contributed by atoms with Crippen LogP contribution in [0.25, 0.3) is 0 Å². The van der Waals surface area contributed by atoms with Gasteiger partial charge in [0.25, 0.3) is 0 Å². The highest BCUT2D eigenvalue weighted by Crippen LogP contribution is 2.20. The van der Waals surface area contributed by atoms with Crippen molar-refractivity contribution in [2.24, 2.45) is 5.92 Å². The predicted octanol–water partition coefficient (Wildman–Crippen LogP) is 0.503. The number of nitrogens with zero attached hydrogens (tertiary/aromatic N) is 2. The number of carbonyl (C=O) groups excluding carboxylic acids is 2. The molecule has 0 aliphatic carbocycles. The van der Waals surface area contributed by atoms with Crippen molar-refractivity contribution in [1.29, 1.82) is 0 Å². The van der Waals surface area contributed by atoms with Crippen molar-refractivity contribution >= 4 is 17.9 Å². The second-order valence-corrected chi connectivity index (χ2v) is 6.01. The Balaban J connectivity index is 1.82. The van der Waals surface area contributed by atoms with Gasteiger partial charge in [-0.2, -0.15) is 0 Å². The lowest BCUT2D eigenvalue weighted by Gasteiger charge is -2.35.